The molecule has 0 spiro atoms. The van der Waals surface area contributed by atoms with E-state index in [0.717, 1.165) is 17.9 Å². The minimum absolute atomic E-state index is 0.0214. The summed E-state index contributed by atoms with van der Waals surface area (Å²) in [5.41, 5.74) is 1.13. The highest BCUT2D eigenvalue weighted by Crippen LogP contribution is 2.27. The van der Waals surface area contributed by atoms with E-state index < -0.39 is 0 Å². The Balaban J connectivity index is 1.82. The van der Waals surface area contributed by atoms with Crippen molar-refractivity contribution in [1.82, 2.24) is 20.4 Å². The summed E-state index contributed by atoms with van der Waals surface area (Å²) in [4.78, 5) is 18.7. The van der Waals surface area contributed by atoms with Crippen molar-refractivity contribution in [1.29, 1.82) is 0 Å². The summed E-state index contributed by atoms with van der Waals surface area (Å²) < 4.78 is 5.37. The van der Waals surface area contributed by atoms with Crippen molar-refractivity contribution in [2.75, 3.05) is 13.1 Å². The third kappa shape index (κ3) is 3.76. The molecule has 0 unspecified atom stereocenters. The molecule has 1 amide bonds. The molecule has 23 heavy (non-hydrogen) atoms. The summed E-state index contributed by atoms with van der Waals surface area (Å²) in [5.74, 6) is 1.64. The smallest absolute Gasteiger partial charge is 0.240 e. The lowest BCUT2D eigenvalue weighted by Crippen LogP contribution is -2.30. The normalized spacial score (nSPS) is 19.6. The molecule has 1 aliphatic heterocycles. The molecule has 1 saturated heterocycles. The molecule has 6 heteroatoms. The van der Waals surface area contributed by atoms with Gasteiger partial charge in [-0.1, -0.05) is 49.3 Å². The lowest BCUT2D eigenvalue weighted by molar-refractivity contribution is -0.121. The Hall–Kier alpha value is -2.21. The van der Waals surface area contributed by atoms with Gasteiger partial charge in [-0.05, 0) is 5.56 Å². The Morgan fingerprint density at radius 1 is 1.35 bits per heavy atom. The number of carbonyl (C=O) groups excluding carboxylic acids is 1. The molecule has 0 radical (unpaired) electrons. The average Bonchev–Trinajstić information content (AvgIpc) is 2.93. The van der Waals surface area contributed by atoms with Crippen LogP contribution in [0.2, 0.25) is 0 Å². The van der Waals surface area contributed by atoms with E-state index in [9.17, 15) is 4.79 Å². The zero-order chi connectivity index (χ0) is 16.2. The predicted molar refractivity (Wildman–Crippen MR) is 85.6 cm³/mol. The second-order valence-electron chi connectivity index (χ2n) is 6.15. The van der Waals surface area contributed by atoms with Gasteiger partial charge >= 0.3 is 0 Å². The van der Waals surface area contributed by atoms with Crippen LogP contribution in [0, 0.1) is 0 Å². The number of rotatable bonds is 4. The van der Waals surface area contributed by atoms with E-state index in [1.165, 1.54) is 0 Å². The molecule has 3 rings (SSSR count). The number of hydrogen-bond acceptors (Lipinski definition) is 5. The molecule has 6 nitrogen and oxygen atoms in total. The maximum atomic E-state index is 12.0. The van der Waals surface area contributed by atoms with E-state index in [0.29, 0.717) is 25.4 Å². The maximum absolute atomic E-state index is 12.0. The summed E-state index contributed by atoms with van der Waals surface area (Å²) in [6.45, 7) is 6.01. The van der Waals surface area contributed by atoms with Crippen molar-refractivity contribution in [2.45, 2.75) is 38.8 Å². The molecule has 1 N–H and O–H groups in total. The molecule has 2 heterocycles. The van der Waals surface area contributed by atoms with Crippen LogP contribution in [0.25, 0.3) is 0 Å². The number of nitrogens with one attached hydrogen (secondary N) is 1. The topological polar surface area (TPSA) is 71.3 Å². The Morgan fingerprint density at radius 2 is 2.13 bits per heavy atom. The molecule has 2 aromatic rings. The van der Waals surface area contributed by atoms with Gasteiger partial charge in [0.25, 0.3) is 0 Å². The third-order valence-electron chi connectivity index (χ3n) is 4.06. The first kappa shape index (κ1) is 15.7. The highest BCUT2D eigenvalue weighted by Gasteiger charge is 2.27. The summed E-state index contributed by atoms with van der Waals surface area (Å²) in [7, 11) is 0. The van der Waals surface area contributed by atoms with Crippen LogP contribution in [0.3, 0.4) is 0 Å². The van der Waals surface area contributed by atoms with E-state index in [2.05, 4.69) is 32.5 Å². The molecule has 1 aliphatic rings. The van der Waals surface area contributed by atoms with Gasteiger partial charge in [-0.25, -0.2) is 0 Å². The molecule has 1 fully saturated rings. The van der Waals surface area contributed by atoms with E-state index >= 15 is 0 Å². The van der Waals surface area contributed by atoms with Gasteiger partial charge in [0.15, 0.2) is 5.82 Å². The SMILES string of the molecule is CC(C)c1noc(CN2CCNC(=O)C[C@H]2c2ccccc2)n1. The summed E-state index contributed by atoms with van der Waals surface area (Å²) >= 11 is 0. The Kier molecular flexibility index (Phi) is 4.71. The summed E-state index contributed by atoms with van der Waals surface area (Å²) in [6.07, 6.45) is 0.440. The molecule has 122 valence electrons. The fraction of sp³-hybridized carbons (Fsp3) is 0.471. The molecular weight excluding hydrogens is 292 g/mol. The van der Waals surface area contributed by atoms with Gasteiger partial charge in [0, 0.05) is 31.5 Å². The number of carbonyl (C=O) groups is 1. The molecule has 0 aliphatic carbocycles. The zero-order valence-corrected chi connectivity index (χ0v) is 13.5. The van der Waals surface area contributed by atoms with Gasteiger partial charge in [-0.3, -0.25) is 9.69 Å². The van der Waals surface area contributed by atoms with Crippen LogP contribution in [0.5, 0.6) is 0 Å². The molecular formula is C17H22N4O2. The molecule has 0 bridgehead atoms. The van der Waals surface area contributed by atoms with Crippen molar-refractivity contribution in [3.05, 3.63) is 47.6 Å². The maximum Gasteiger partial charge on any atom is 0.240 e. The van der Waals surface area contributed by atoms with E-state index in [1.54, 1.807) is 0 Å². The van der Waals surface area contributed by atoms with Crippen molar-refractivity contribution in [2.24, 2.45) is 0 Å². The fourth-order valence-corrected chi connectivity index (χ4v) is 2.81. The highest BCUT2D eigenvalue weighted by atomic mass is 16.5. The minimum atomic E-state index is 0.0214. The first-order valence-corrected chi connectivity index (χ1v) is 8.01. The second-order valence-corrected chi connectivity index (χ2v) is 6.15. The zero-order valence-electron chi connectivity index (χ0n) is 13.5. The van der Waals surface area contributed by atoms with Crippen LogP contribution in [0.4, 0.5) is 0 Å². The fourth-order valence-electron chi connectivity index (χ4n) is 2.81. The monoisotopic (exact) mass is 314 g/mol. The number of benzene rings is 1. The van der Waals surface area contributed by atoms with Gasteiger partial charge in [-0.15, -0.1) is 0 Å². The Labute approximate surface area is 135 Å². The van der Waals surface area contributed by atoms with E-state index in [4.69, 9.17) is 4.52 Å². The van der Waals surface area contributed by atoms with E-state index in [-0.39, 0.29) is 17.9 Å². The van der Waals surface area contributed by atoms with E-state index in [1.807, 2.05) is 32.0 Å². The summed E-state index contributed by atoms with van der Waals surface area (Å²) in [6, 6.07) is 10.1. The largest absolute Gasteiger partial charge is 0.355 e. The van der Waals surface area contributed by atoms with Crippen LogP contribution in [-0.4, -0.2) is 34.0 Å². The van der Waals surface area contributed by atoms with Gasteiger partial charge in [0.05, 0.1) is 6.54 Å². The first-order valence-electron chi connectivity index (χ1n) is 8.01. The van der Waals surface area contributed by atoms with Crippen LogP contribution in [0.1, 0.15) is 49.5 Å². The molecule has 1 atom stereocenters. The van der Waals surface area contributed by atoms with Crippen molar-refractivity contribution < 1.29 is 9.32 Å². The van der Waals surface area contributed by atoms with Crippen LogP contribution >= 0.6 is 0 Å². The lowest BCUT2D eigenvalue weighted by Gasteiger charge is -2.27. The molecule has 1 aromatic heterocycles. The van der Waals surface area contributed by atoms with Gasteiger partial charge < -0.3 is 9.84 Å². The number of hydrogen-bond donors (Lipinski definition) is 1. The summed E-state index contributed by atoms with van der Waals surface area (Å²) in [5, 5.41) is 6.96. The Bertz CT molecular complexity index is 654. The third-order valence-corrected chi connectivity index (χ3v) is 4.06. The lowest BCUT2D eigenvalue weighted by atomic mass is 10.0. The quantitative estimate of drug-likeness (QED) is 0.937. The van der Waals surface area contributed by atoms with Crippen LogP contribution in [0.15, 0.2) is 34.9 Å². The van der Waals surface area contributed by atoms with Crippen molar-refractivity contribution in [3.63, 3.8) is 0 Å². The minimum Gasteiger partial charge on any atom is -0.355 e. The standard InChI is InChI=1S/C17H22N4O2/c1-12(2)17-19-16(23-20-17)11-21-9-8-18-15(22)10-14(21)13-6-4-3-5-7-13/h3-7,12,14H,8-11H2,1-2H3,(H,18,22)/t14-/m0/s1. The van der Waals surface area contributed by atoms with Crippen LogP contribution in [-0.2, 0) is 11.3 Å². The van der Waals surface area contributed by atoms with Gasteiger partial charge in [0.2, 0.25) is 11.8 Å². The number of amides is 1. The van der Waals surface area contributed by atoms with Crippen molar-refractivity contribution >= 4 is 5.91 Å². The second kappa shape index (κ2) is 6.91. The Morgan fingerprint density at radius 3 is 2.83 bits per heavy atom. The predicted octanol–water partition coefficient (Wildman–Crippen LogP) is 2.26. The molecule has 0 saturated carbocycles. The molecule has 1 aromatic carbocycles. The van der Waals surface area contributed by atoms with Gasteiger partial charge in [0.1, 0.15) is 0 Å². The van der Waals surface area contributed by atoms with Gasteiger partial charge in [-0.2, -0.15) is 4.98 Å². The van der Waals surface area contributed by atoms with Crippen LogP contribution < -0.4 is 5.32 Å². The number of aromatic nitrogens is 2. The number of nitrogens with zero attached hydrogens (tertiary/aromatic N) is 3. The van der Waals surface area contributed by atoms with Crippen molar-refractivity contribution in [3.8, 4) is 0 Å². The average molecular weight is 314 g/mol. The first-order chi connectivity index (χ1) is 11.1. The highest BCUT2D eigenvalue weighted by molar-refractivity contribution is 5.77.